The van der Waals surface area contributed by atoms with Gasteiger partial charge in [-0.3, -0.25) is 9.59 Å². The van der Waals surface area contributed by atoms with Crippen molar-refractivity contribution in [2.24, 2.45) is 17.8 Å². The van der Waals surface area contributed by atoms with Gasteiger partial charge in [0.2, 0.25) is 0 Å². The number of aliphatic hydroxyl groups is 16. The second kappa shape index (κ2) is 28.8. The van der Waals surface area contributed by atoms with Gasteiger partial charge in [0.1, 0.15) is 117 Å². The first-order valence-corrected chi connectivity index (χ1v) is 27.8. The van der Waals surface area contributed by atoms with Crippen LogP contribution in [-0.2, 0) is 66.5 Å². The summed E-state index contributed by atoms with van der Waals surface area (Å²) in [5.41, 5.74) is 0. The van der Waals surface area contributed by atoms with E-state index in [9.17, 15) is 96.1 Å². The molecule has 3 aliphatic carbocycles. The molecule has 0 amide bonds. The number of ether oxygens (including phenoxy) is 11. The number of hydrogen-bond acceptors (Lipinski definition) is 30. The maximum Gasteiger partial charge on any atom is 0.330 e. The summed E-state index contributed by atoms with van der Waals surface area (Å²) in [6, 6.07) is 0. The maximum absolute atomic E-state index is 13.3. The first kappa shape index (κ1) is 65.1. The molecule has 17 N–H and O–H groups in total. The number of aliphatic hydroxyl groups excluding tert-OH is 16. The monoisotopic (exact) mass is 1190 g/mol. The number of carbonyl (C=O) groups is 3. The Morgan fingerprint density at radius 1 is 0.476 bits per heavy atom. The topological polar surface area (TPSA) is 497 Å². The van der Waals surface area contributed by atoms with E-state index in [2.05, 4.69) is 0 Å². The molecule has 0 aromatic rings. The number of aliphatic carboxylic acids is 1. The molecular formula is C51H80O31. The first-order chi connectivity index (χ1) is 39.0. The van der Waals surface area contributed by atoms with Crippen LogP contribution in [0.25, 0.3) is 0 Å². The lowest BCUT2D eigenvalue weighted by Crippen LogP contribution is -2.66. The fraction of sp³-hybridized carbons (Fsp3) is 0.902. The van der Waals surface area contributed by atoms with Crippen LogP contribution in [0, 0.1) is 17.8 Å². The van der Waals surface area contributed by atoms with E-state index in [0.717, 1.165) is 6.08 Å². The number of carbonyl (C=O) groups excluding carboxylic acids is 2. The summed E-state index contributed by atoms with van der Waals surface area (Å²) in [5.74, 6) is -5.13. The van der Waals surface area contributed by atoms with Crippen molar-refractivity contribution in [2.45, 2.75) is 242 Å². The van der Waals surface area contributed by atoms with Crippen LogP contribution in [0.1, 0.15) is 70.6 Å². The van der Waals surface area contributed by atoms with Gasteiger partial charge in [-0.25, -0.2) is 4.79 Å². The van der Waals surface area contributed by atoms with Gasteiger partial charge < -0.3 is 139 Å². The van der Waals surface area contributed by atoms with Crippen LogP contribution in [0.3, 0.4) is 0 Å². The molecule has 29 unspecified atom stereocenters. The molecule has 31 nitrogen and oxygen atoms in total. The van der Waals surface area contributed by atoms with Gasteiger partial charge >= 0.3 is 17.9 Å². The molecule has 470 valence electrons. The molecule has 0 radical (unpaired) electrons. The minimum Gasteiger partial charge on any atom is -0.481 e. The van der Waals surface area contributed by atoms with E-state index in [1.807, 2.05) is 0 Å². The number of fused-ring (bicyclic) bond motifs is 1. The Morgan fingerprint density at radius 2 is 1.00 bits per heavy atom. The second-order valence-electron chi connectivity index (χ2n) is 22.7. The van der Waals surface area contributed by atoms with Crippen LogP contribution < -0.4 is 0 Å². The van der Waals surface area contributed by atoms with Gasteiger partial charge in [-0.1, -0.05) is 6.08 Å². The summed E-state index contributed by atoms with van der Waals surface area (Å²) in [4.78, 5) is 36.3. The summed E-state index contributed by atoms with van der Waals surface area (Å²) in [6.07, 6.45) is -39.1. The Morgan fingerprint density at radius 3 is 1.59 bits per heavy atom. The predicted octanol–water partition coefficient (Wildman–Crippen LogP) is -7.86. The van der Waals surface area contributed by atoms with E-state index in [1.54, 1.807) is 6.08 Å². The Bertz CT molecular complexity index is 2080. The minimum absolute atomic E-state index is 0.0139. The zero-order valence-electron chi connectivity index (χ0n) is 44.5. The lowest BCUT2D eigenvalue weighted by molar-refractivity contribution is -0.380. The van der Waals surface area contributed by atoms with Gasteiger partial charge in [-0.15, -0.1) is 0 Å². The third-order valence-corrected chi connectivity index (χ3v) is 17.0. The van der Waals surface area contributed by atoms with Crippen molar-refractivity contribution in [3.63, 3.8) is 0 Å². The van der Waals surface area contributed by atoms with E-state index in [4.69, 9.17) is 57.2 Å². The Labute approximate surface area is 468 Å². The molecule has 8 fully saturated rings. The van der Waals surface area contributed by atoms with Crippen molar-refractivity contribution in [3.05, 3.63) is 12.2 Å². The molecule has 5 saturated heterocycles. The van der Waals surface area contributed by atoms with Crippen LogP contribution in [0.4, 0.5) is 0 Å². The van der Waals surface area contributed by atoms with Gasteiger partial charge in [-0.05, 0) is 69.6 Å². The molecule has 82 heavy (non-hydrogen) atoms. The quantitative estimate of drug-likeness (QED) is 0.0324. The average molecular weight is 1190 g/mol. The number of allylic oxidation sites excluding steroid dienone is 1. The smallest absolute Gasteiger partial charge is 0.330 e. The number of carboxylic acids is 1. The molecular weight excluding hydrogens is 1110 g/mol. The standard InChI is InChI=1S/C51H80O31/c52-14-28-35(61)39(65)43(69)48(78-28)74-21-5-1-18(2-6-21)3-8-33(59)72-16-31-38(64)42(68)47(82-50-45(71)40(66)36(62)29(15-53)79-50)51(81-31)77-27-12-22-25(75-46(27)19-4-7-23(55)24(56)9-19)10-20(54)11-26(22)76-49-44(70)41(67)37(63)30(80-49)17-73-34(60)13-32(57)58/h3,8,18-31,35-56,61-71H,1-2,4-7,9-17H2,(H,57,58). The number of hydrogen-bond donors (Lipinski definition) is 17. The van der Waals surface area contributed by atoms with Crippen LogP contribution in [-0.4, -0.2) is 303 Å². The molecule has 31 heteroatoms. The fourth-order valence-corrected chi connectivity index (χ4v) is 12.2. The van der Waals surface area contributed by atoms with E-state index in [1.165, 1.54) is 0 Å². The lowest BCUT2D eigenvalue weighted by atomic mass is 9.72. The van der Waals surface area contributed by atoms with Crippen molar-refractivity contribution < 1.29 is 153 Å². The van der Waals surface area contributed by atoms with Gasteiger partial charge in [0.25, 0.3) is 0 Å². The molecule has 0 aromatic heterocycles. The van der Waals surface area contributed by atoms with Gasteiger partial charge in [0.15, 0.2) is 25.2 Å². The van der Waals surface area contributed by atoms with Gasteiger partial charge in [0, 0.05) is 18.4 Å². The number of carboxylic acid groups (broad SMARTS) is 1. The average Bonchev–Trinajstić information content (AvgIpc) is 3.45. The molecule has 0 aromatic carbocycles. The molecule has 8 rings (SSSR count). The van der Waals surface area contributed by atoms with Crippen molar-refractivity contribution in [2.75, 3.05) is 26.4 Å². The molecule has 29 atom stereocenters. The summed E-state index contributed by atoms with van der Waals surface area (Å²) in [6.45, 7) is -2.97. The molecule has 0 spiro atoms. The van der Waals surface area contributed by atoms with Crippen LogP contribution >= 0.6 is 0 Å². The number of esters is 2. The highest BCUT2D eigenvalue weighted by Gasteiger charge is 2.57. The van der Waals surface area contributed by atoms with Crippen molar-refractivity contribution in [1.29, 1.82) is 0 Å². The molecule has 5 aliphatic heterocycles. The highest BCUT2D eigenvalue weighted by Crippen LogP contribution is 2.46. The molecule has 8 aliphatic rings. The van der Waals surface area contributed by atoms with Crippen molar-refractivity contribution >= 4 is 17.9 Å². The zero-order valence-corrected chi connectivity index (χ0v) is 44.5. The van der Waals surface area contributed by atoms with E-state index in [-0.39, 0.29) is 44.4 Å². The second-order valence-corrected chi connectivity index (χ2v) is 22.7. The third-order valence-electron chi connectivity index (χ3n) is 17.0. The Kier molecular flexibility index (Phi) is 22.9. The number of rotatable bonds is 19. The van der Waals surface area contributed by atoms with E-state index in [0.29, 0.717) is 25.7 Å². The zero-order chi connectivity index (χ0) is 59.4. The van der Waals surface area contributed by atoms with Gasteiger partial charge in [-0.2, -0.15) is 0 Å². The third kappa shape index (κ3) is 15.3. The van der Waals surface area contributed by atoms with Crippen molar-refractivity contribution in [3.8, 4) is 0 Å². The van der Waals surface area contributed by atoms with E-state index >= 15 is 0 Å². The Hall–Kier alpha value is -2.85. The van der Waals surface area contributed by atoms with Crippen LogP contribution in [0.15, 0.2) is 12.2 Å². The van der Waals surface area contributed by atoms with Crippen LogP contribution in [0.2, 0.25) is 0 Å². The summed E-state index contributed by atoms with van der Waals surface area (Å²) < 4.78 is 65.1. The molecule has 5 heterocycles. The first-order valence-electron chi connectivity index (χ1n) is 27.8. The van der Waals surface area contributed by atoms with Crippen molar-refractivity contribution in [1.82, 2.24) is 0 Å². The minimum atomic E-state index is -2.04. The van der Waals surface area contributed by atoms with E-state index < -0.39 is 234 Å². The SMILES string of the molecule is O=C(O)CC(=O)OCC1OC(OC2CC(O)CC3OC(C4CCC(O)C(O)C4)C(OC4OC(COC(=O)C=CC5CCC(OC6OC(CO)C(O)C(O)C6O)CC5)C(O)C(O)C4OC4OC(CO)C(O)C(O)C4O)CC23)C(O)C(O)C1O. The largest absolute Gasteiger partial charge is 0.481 e. The lowest BCUT2D eigenvalue weighted by Gasteiger charge is -2.53. The predicted molar refractivity (Wildman–Crippen MR) is 261 cm³/mol. The normalized spacial score (nSPS) is 48.5. The maximum atomic E-state index is 13.3. The molecule has 3 saturated carbocycles. The summed E-state index contributed by atoms with van der Waals surface area (Å²) >= 11 is 0. The summed E-state index contributed by atoms with van der Waals surface area (Å²) in [7, 11) is 0. The highest BCUT2D eigenvalue weighted by molar-refractivity contribution is 5.90. The Balaban J connectivity index is 0.990. The van der Waals surface area contributed by atoms with Gasteiger partial charge in [0.05, 0.1) is 62.0 Å². The summed E-state index contributed by atoms with van der Waals surface area (Å²) in [5, 5.41) is 180. The fourth-order valence-electron chi connectivity index (χ4n) is 12.2. The van der Waals surface area contributed by atoms with Crippen LogP contribution in [0.5, 0.6) is 0 Å². The highest BCUT2D eigenvalue weighted by atomic mass is 16.8. The molecule has 0 bridgehead atoms.